The van der Waals surface area contributed by atoms with Crippen molar-refractivity contribution in [3.63, 3.8) is 0 Å². The molecular formula is C23H22N2O5. The third-order valence-electron chi connectivity index (χ3n) is 5.35. The fourth-order valence-corrected chi connectivity index (χ4v) is 3.92. The first-order valence-corrected chi connectivity index (χ1v) is 9.51. The van der Waals surface area contributed by atoms with Gasteiger partial charge in [0, 0.05) is 25.0 Å². The van der Waals surface area contributed by atoms with Crippen molar-refractivity contribution in [3.8, 4) is 23.0 Å². The van der Waals surface area contributed by atoms with Crippen LogP contribution in [-0.2, 0) is 6.42 Å². The van der Waals surface area contributed by atoms with Crippen LogP contribution in [0.2, 0.25) is 0 Å². The summed E-state index contributed by atoms with van der Waals surface area (Å²) in [5.74, 6) is 0.516. The summed E-state index contributed by atoms with van der Waals surface area (Å²) < 4.78 is 10.9. The lowest BCUT2D eigenvalue weighted by Gasteiger charge is -2.38. The molecule has 4 rings (SSSR count). The van der Waals surface area contributed by atoms with Crippen LogP contribution in [0.25, 0.3) is 0 Å². The van der Waals surface area contributed by atoms with E-state index in [2.05, 4.69) is 4.98 Å². The van der Waals surface area contributed by atoms with Crippen molar-refractivity contribution >= 4 is 5.91 Å². The highest BCUT2D eigenvalue weighted by Gasteiger charge is 2.34. The Morgan fingerprint density at radius 1 is 1.10 bits per heavy atom. The molecule has 1 atom stereocenters. The predicted octanol–water partition coefficient (Wildman–Crippen LogP) is 3.30. The molecule has 0 aliphatic carbocycles. The normalized spacial score (nSPS) is 15.4. The van der Waals surface area contributed by atoms with Crippen molar-refractivity contribution < 1.29 is 24.5 Å². The summed E-state index contributed by atoms with van der Waals surface area (Å²) in [6, 6.07) is 11.1. The van der Waals surface area contributed by atoms with Gasteiger partial charge in [0.25, 0.3) is 5.91 Å². The van der Waals surface area contributed by atoms with Crippen LogP contribution in [0.3, 0.4) is 0 Å². The standard InChI is InChI=1S/C23H22N2O5/c1-29-20-10-14-7-9-25(23(28)17-6-5-16(26)11-19(17)27)22(15-4-3-8-24-13-15)18(14)12-21(20)30-2/h3-6,8,10-13,22,26-27H,7,9H2,1-2H3. The smallest absolute Gasteiger partial charge is 0.258 e. The monoisotopic (exact) mass is 406 g/mol. The third kappa shape index (κ3) is 3.39. The summed E-state index contributed by atoms with van der Waals surface area (Å²) in [5.41, 5.74) is 2.95. The minimum atomic E-state index is -0.414. The van der Waals surface area contributed by atoms with E-state index in [0.29, 0.717) is 24.5 Å². The van der Waals surface area contributed by atoms with Crippen LogP contribution in [0.1, 0.15) is 33.1 Å². The number of nitrogens with zero attached hydrogens (tertiary/aromatic N) is 2. The summed E-state index contributed by atoms with van der Waals surface area (Å²) in [4.78, 5) is 19.3. The zero-order valence-corrected chi connectivity index (χ0v) is 16.7. The van der Waals surface area contributed by atoms with Crippen LogP contribution in [0, 0.1) is 0 Å². The van der Waals surface area contributed by atoms with Crippen LogP contribution in [0.4, 0.5) is 0 Å². The number of phenolic OH excluding ortho intramolecular Hbond substituents is 2. The number of carbonyl (C=O) groups excluding carboxylic acids is 1. The molecule has 154 valence electrons. The number of benzene rings is 2. The number of phenols is 2. The van der Waals surface area contributed by atoms with Crippen molar-refractivity contribution in [2.45, 2.75) is 12.5 Å². The van der Waals surface area contributed by atoms with E-state index in [1.807, 2.05) is 24.3 Å². The minimum absolute atomic E-state index is 0.103. The van der Waals surface area contributed by atoms with E-state index in [9.17, 15) is 15.0 Å². The fourth-order valence-electron chi connectivity index (χ4n) is 3.92. The lowest BCUT2D eigenvalue weighted by molar-refractivity contribution is 0.0691. The van der Waals surface area contributed by atoms with E-state index >= 15 is 0 Å². The maximum absolute atomic E-state index is 13.4. The number of ether oxygens (including phenoxy) is 2. The van der Waals surface area contributed by atoms with Gasteiger partial charge in [-0.25, -0.2) is 0 Å². The zero-order valence-electron chi connectivity index (χ0n) is 16.7. The van der Waals surface area contributed by atoms with Crippen LogP contribution in [0.5, 0.6) is 23.0 Å². The fraction of sp³-hybridized carbons (Fsp3) is 0.217. The van der Waals surface area contributed by atoms with Crippen LogP contribution in [-0.4, -0.2) is 46.8 Å². The van der Waals surface area contributed by atoms with Crippen molar-refractivity contribution in [2.24, 2.45) is 0 Å². The number of aromatic nitrogens is 1. The number of pyridine rings is 1. The molecule has 30 heavy (non-hydrogen) atoms. The maximum atomic E-state index is 13.4. The Balaban J connectivity index is 1.85. The molecule has 2 N–H and O–H groups in total. The second kappa shape index (κ2) is 7.94. The van der Waals surface area contributed by atoms with Crippen LogP contribution < -0.4 is 9.47 Å². The summed E-state index contributed by atoms with van der Waals surface area (Å²) in [6.07, 6.45) is 4.03. The molecule has 1 aromatic heterocycles. The van der Waals surface area contributed by atoms with Crippen LogP contribution in [0.15, 0.2) is 54.9 Å². The molecular weight excluding hydrogens is 384 g/mol. The first-order chi connectivity index (χ1) is 14.5. The summed E-state index contributed by atoms with van der Waals surface area (Å²) >= 11 is 0. The van der Waals surface area contributed by atoms with E-state index in [4.69, 9.17) is 9.47 Å². The van der Waals surface area contributed by atoms with Gasteiger partial charge < -0.3 is 24.6 Å². The molecule has 0 bridgehead atoms. The second-order valence-corrected chi connectivity index (χ2v) is 7.04. The van der Waals surface area contributed by atoms with Gasteiger partial charge in [-0.3, -0.25) is 9.78 Å². The molecule has 2 aromatic carbocycles. The van der Waals surface area contributed by atoms with Gasteiger partial charge in [0.15, 0.2) is 11.5 Å². The Bertz CT molecular complexity index is 1080. The number of methoxy groups -OCH3 is 2. The average molecular weight is 406 g/mol. The van der Waals surface area contributed by atoms with Crippen molar-refractivity contribution in [1.82, 2.24) is 9.88 Å². The lowest BCUT2D eigenvalue weighted by Crippen LogP contribution is -2.40. The molecule has 7 heteroatoms. The predicted molar refractivity (Wildman–Crippen MR) is 110 cm³/mol. The largest absolute Gasteiger partial charge is 0.508 e. The third-order valence-corrected chi connectivity index (χ3v) is 5.35. The molecule has 0 fully saturated rings. The van der Waals surface area contributed by atoms with E-state index in [1.165, 1.54) is 12.1 Å². The van der Waals surface area contributed by atoms with Gasteiger partial charge in [0.05, 0.1) is 25.8 Å². The first-order valence-electron chi connectivity index (χ1n) is 9.51. The molecule has 1 unspecified atom stereocenters. The number of amides is 1. The molecule has 0 radical (unpaired) electrons. The van der Waals surface area contributed by atoms with Gasteiger partial charge in [-0.1, -0.05) is 6.07 Å². The highest BCUT2D eigenvalue weighted by molar-refractivity contribution is 5.97. The Morgan fingerprint density at radius 2 is 1.87 bits per heavy atom. The number of rotatable bonds is 4. The average Bonchev–Trinajstić information content (AvgIpc) is 2.77. The van der Waals surface area contributed by atoms with Crippen molar-refractivity contribution in [3.05, 3.63) is 77.1 Å². The van der Waals surface area contributed by atoms with Crippen LogP contribution >= 0.6 is 0 Å². The molecule has 2 heterocycles. The van der Waals surface area contributed by atoms with Gasteiger partial charge in [-0.2, -0.15) is 0 Å². The van der Waals surface area contributed by atoms with Crippen molar-refractivity contribution in [2.75, 3.05) is 20.8 Å². The molecule has 0 spiro atoms. The van der Waals surface area contributed by atoms with Gasteiger partial charge in [-0.15, -0.1) is 0 Å². The Kier molecular flexibility index (Phi) is 5.18. The first kappa shape index (κ1) is 19.6. The quantitative estimate of drug-likeness (QED) is 0.691. The summed E-state index contributed by atoms with van der Waals surface area (Å²) in [7, 11) is 3.17. The molecule has 0 saturated heterocycles. The Labute approximate surface area is 174 Å². The summed E-state index contributed by atoms with van der Waals surface area (Å²) in [6.45, 7) is 0.446. The number of hydrogen-bond donors (Lipinski definition) is 2. The molecule has 7 nitrogen and oxygen atoms in total. The topological polar surface area (TPSA) is 92.1 Å². The maximum Gasteiger partial charge on any atom is 0.258 e. The van der Waals surface area contributed by atoms with E-state index in [1.54, 1.807) is 31.5 Å². The van der Waals surface area contributed by atoms with E-state index in [-0.39, 0.29) is 23.0 Å². The molecule has 1 amide bonds. The minimum Gasteiger partial charge on any atom is -0.508 e. The number of aromatic hydroxyl groups is 2. The second-order valence-electron chi connectivity index (χ2n) is 7.04. The number of hydrogen-bond acceptors (Lipinski definition) is 6. The van der Waals surface area contributed by atoms with Gasteiger partial charge in [0.1, 0.15) is 11.5 Å². The highest BCUT2D eigenvalue weighted by atomic mass is 16.5. The SMILES string of the molecule is COc1cc2c(cc1OC)C(c1cccnc1)N(C(=O)c1ccc(O)cc1O)CC2. The van der Waals surface area contributed by atoms with Crippen molar-refractivity contribution in [1.29, 1.82) is 0 Å². The number of fused-ring (bicyclic) bond motifs is 1. The Morgan fingerprint density at radius 3 is 2.53 bits per heavy atom. The van der Waals surface area contributed by atoms with E-state index in [0.717, 1.165) is 22.8 Å². The van der Waals surface area contributed by atoms with Gasteiger partial charge in [0.2, 0.25) is 0 Å². The summed E-state index contributed by atoms with van der Waals surface area (Å²) in [5, 5.41) is 19.8. The zero-order chi connectivity index (χ0) is 21.3. The van der Waals surface area contributed by atoms with Gasteiger partial charge >= 0.3 is 0 Å². The van der Waals surface area contributed by atoms with Gasteiger partial charge in [-0.05, 0) is 53.4 Å². The van der Waals surface area contributed by atoms with E-state index < -0.39 is 6.04 Å². The number of carbonyl (C=O) groups is 1. The molecule has 1 aliphatic rings. The Hall–Kier alpha value is -3.74. The molecule has 1 aliphatic heterocycles. The highest BCUT2D eigenvalue weighted by Crippen LogP contribution is 2.41. The molecule has 0 saturated carbocycles. The lowest BCUT2D eigenvalue weighted by atomic mass is 9.87. The molecule has 3 aromatic rings.